The van der Waals surface area contributed by atoms with Gasteiger partial charge >= 0.3 is 6.03 Å². The van der Waals surface area contributed by atoms with Gasteiger partial charge in [0.1, 0.15) is 11.6 Å². The maximum absolute atomic E-state index is 13.9. The lowest BCUT2D eigenvalue weighted by Gasteiger charge is -2.34. The van der Waals surface area contributed by atoms with Crippen molar-refractivity contribution in [2.45, 2.75) is 32.1 Å². The normalized spacial score (nSPS) is 21.0. The monoisotopic (exact) mass is 459 g/mol. The molecule has 3 amide bonds. The van der Waals surface area contributed by atoms with Crippen LogP contribution in [0.25, 0.3) is 0 Å². The van der Waals surface area contributed by atoms with Crippen molar-refractivity contribution in [2.75, 3.05) is 31.5 Å². The minimum atomic E-state index is -0.491. The molecule has 2 aromatic carbocycles. The number of halogens is 2. The Bertz CT molecular complexity index is 1030. The Morgan fingerprint density at radius 2 is 1.91 bits per heavy atom. The molecule has 2 N–H and O–H groups in total. The fraction of sp³-hybridized carbons (Fsp3) is 0.417. The van der Waals surface area contributed by atoms with E-state index in [1.165, 1.54) is 12.1 Å². The molecule has 2 unspecified atom stereocenters. The average molecular weight is 460 g/mol. The van der Waals surface area contributed by atoms with E-state index >= 15 is 0 Å². The highest BCUT2D eigenvalue weighted by molar-refractivity contribution is 6.31. The summed E-state index contributed by atoms with van der Waals surface area (Å²) in [7, 11) is 0. The van der Waals surface area contributed by atoms with E-state index in [4.69, 9.17) is 11.6 Å². The molecule has 32 heavy (non-hydrogen) atoms. The topological polar surface area (TPSA) is 72.9 Å². The van der Waals surface area contributed by atoms with Crippen molar-refractivity contribution in [1.82, 2.24) is 9.80 Å². The molecular formula is C24H27ClFN3O3. The number of aryl methyl sites for hydroxylation is 1. The van der Waals surface area contributed by atoms with Crippen molar-refractivity contribution >= 4 is 29.2 Å². The Labute approximate surface area is 192 Å². The fourth-order valence-corrected chi connectivity index (χ4v) is 4.77. The number of nitrogens with zero attached hydrogens (tertiary/aromatic N) is 2. The number of aromatic hydroxyl groups is 1. The van der Waals surface area contributed by atoms with Crippen LogP contribution >= 0.6 is 11.6 Å². The zero-order valence-electron chi connectivity index (χ0n) is 18.0. The summed E-state index contributed by atoms with van der Waals surface area (Å²) in [6, 6.07) is 9.09. The molecule has 2 atom stereocenters. The van der Waals surface area contributed by atoms with E-state index < -0.39 is 11.8 Å². The molecule has 0 radical (unpaired) electrons. The molecule has 0 bridgehead atoms. The number of rotatable bonds is 3. The van der Waals surface area contributed by atoms with Gasteiger partial charge in [-0.05, 0) is 55.5 Å². The Kier molecular flexibility index (Phi) is 6.55. The fourth-order valence-electron chi connectivity index (χ4n) is 4.61. The quantitative estimate of drug-likeness (QED) is 0.695. The summed E-state index contributed by atoms with van der Waals surface area (Å²) < 4.78 is 13.9. The third kappa shape index (κ3) is 4.67. The van der Waals surface area contributed by atoms with E-state index in [0.29, 0.717) is 31.2 Å². The smallest absolute Gasteiger partial charge is 0.321 e. The molecule has 0 aromatic heterocycles. The first kappa shape index (κ1) is 22.4. The van der Waals surface area contributed by atoms with Gasteiger partial charge in [0, 0.05) is 37.1 Å². The van der Waals surface area contributed by atoms with Crippen LogP contribution in [0.5, 0.6) is 5.75 Å². The summed E-state index contributed by atoms with van der Waals surface area (Å²) in [4.78, 5) is 29.2. The number of urea groups is 1. The molecule has 0 aliphatic carbocycles. The largest absolute Gasteiger partial charge is 0.508 e. The van der Waals surface area contributed by atoms with Crippen LogP contribution in [0.15, 0.2) is 36.4 Å². The number of para-hydroxylation sites is 1. The van der Waals surface area contributed by atoms with Gasteiger partial charge in [0.2, 0.25) is 5.91 Å². The molecule has 2 heterocycles. The summed E-state index contributed by atoms with van der Waals surface area (Å²) >= 11 is 6.09. The summed E-state index contributed by atoms with van der Waals surface area (Å²) in [5.41, 5.74) is 1.84. The molecule has 2 aliphatic heterocycles. The zero-order valence-corrected chi connectivity index (χ0v) is 18.7. The highest BCUT2D eigenvalue weighted by Crippen LogP contribution is 2.37. The van der Waals surface area contributed by atoms with Crippen LogP contribution in [-0.4, -0.2) is 53.0 Å². The molecule has 2 aromatic rings. The number of hydrogen-bond donors (Lipinski definition) is 2. The van der Waals surface area contributed by atoms with E-state index in [1.54, 1.807) is 23.1 Å². The van der Waals surface area contributed by atoms with Crippen LogP contribution in [0.2, 0.25) is 5.02 Å². The number of carbonyl (C=O) groups excluding carboxylic acids is 2. The van der Waals surface area contributed by atoms with Gasteiger partial charge in [0.25, 0.3) is 0 Å². The van der Waals surface area contributed by atoms with E-state index in [1.807, 2.05) is 17.9 Å². The van der Waals surface area contributed by atoms with Gasteiger partial charge < -0.3 is 20.2 Å². The highest BCUT2D eigenvalue weighted by atomic mass is 35.5. The second kappa shape index (κ2) is 9.36. The number of hydrogen-bond acceptors (Lipinski definition) is 3. The summed E-state index contributed by atoms with van der Waals surface area (Å²) in [5, 5.41) is 13.4. The maximum atomic E-state index is 13.9. The molecule has 4 rings (SSSR count). The van der Waals surface area contributed by atoms with Gasteiger partial charge in [0.15, 0.2) is 0 Å². The first-order valence-electron chi connectivity index (χ1n) is 10.9. The van der Waals surface area contributed by atoms with Crippen molar-refractivity contribution in [1.29, 1.82) is 0 Å². The van der Waals surface area contributed by atoms with Crippen molar-refractivity contribution < 1.29 is 19.1 Å². The van der Waals surface area contributed by atoms with Crippen LogP contribution in [0.1, 0.15) is 36.3 Å². The SMILES string of the molecule is Cc1cc(C2CCN(C(=O)C3CCCN(C(=O)Nc4ccccc4F)C3)C2)c(O)cc1Cl. The summed E-state index contributed by atoms with van der Waals surface area (Å²) in [5.74, 6) is -0.530. The Hall–Kier alpha value is -2.80. The molecular weight excluding hydrogens is 433 g/mol. The van der Waals surface area contributed by atoms with Gasteiger partial charge in [-0.2, -0.15) is 0 Å². The number of phenols is 1. The van der Waals surface area contributed by atoms with Crippen molar-refractivity contribution in [3.05, 3.63) is 58.4 Å². The van der Waals surface area contributed by atoms with Gasteiger partial charge in [-0.15, -0.1) is 0 Å². The van der Waals surface area contributed by atoms with E-state index in [9.17, 15) is 19.1 Å². The van der Waals surface area contributed by atoms with Crippen LogP contribution in [0.4, 0.5) is 14.9 Å². The minimum Gasteiger partial charge on any atom is -0.508 e. The Balaban J connectivity index is 1.38. The molecule has 0 saturated carbocycles. The van der Waals surface area contributed by atoms with E-state index in [0.717, 1.165) is 30.4 Å². The van der Waals surface area contributed by atoms with Gasteiger partial charge in [-0.1, -0.05) is 29.8 Å². The number of piperidine rings is 1. The van der Waals surface area contributed by atoms with Crippen molar-refractivity contribution in [3.8, 4) is 5.75 Å². The lowest BCUT2D eigenvalue weighted by atomic mass is 9.95. The van der Waals surface area contributed by atoms with Crippen LogP contribution in [-0.2, 0) is 4.79 Å². The number of carbonyl (C=O) groups is 2. The van der Waals surface area contributed by atoms with E-state index in [2.05, 4.69) is 5.32 Å². The number of amides is 3. The molecule has 6 nitrogen and oxygen atoms in total. The molecule has 8 heteroatoms. The summed E-state index contributed by atoms with van der Waals surface area (Å²) in [6.45, 7) is 3.89. The number of benzene rings is 2. The standard InChI is InChI=1S/C24H27ClFN3O3/c1-15-11-18(22(30)12-19(15)25)16-8-10-28(13-16)23(31)17-5-4-9-29(14-17)24(32)27-21-7-3-2-6-20(21)26/h2-3,6-7,11-12,16-17,30H,4-5,8-10,13-14H2,1H3,(H,27,32). The van der Waals surface area contributed by atoms with E-state index in [-0.39, 0.29) is 29.2 Å². The maximum Gasteiger partial charge on any atom is 0.321 e. The van der Waals surface area contributed by atoms with Gasteiger partial charge in [-0.3, -0.25) is 4.79 Å². The predicted molar refractivity (Wildman–Crippen MR) is 122 cm³/mol. The number of phenolic OH excluding ortho intramolecular Hbond substituents is 1. The second-order valence-electron chi connectivity index (χ2n) is 8.63. The molecule has 2 saturated heterocycles. The van der Waals surface area contributed by atoms with Crippen LogP contribution in [0, 0.1) is 18.7 Å². The minimum absolute atomic E-state index is 0.0288. The lowest BCUT2D eigenvalue weighted by Crippen LogP contribution is -2.47. The average Bonchev–Trinajstić information content (AvgIpc) is 3.27. The van der Waals surface area contributed by atoms with Gasteiger partial charge in [-0.25, -0.2) is 9.18 Å². The Morgan fingerprint density at radius 3 is 2.69 bits per heavy atom. The third-order valence-corrected chi connectivity index (χ3v) is 6.83. The zero-order chi connectivity index (χ0) is 22.8. The Morgan fingerprint density at radius 1 is 1.12 bits per heavy atom. The first-order chi connectivity index (χ1) is 15.3. The highest BCUT2D eigenvalue weighted by Gasteiger charge is 2.35. The van der Waals surface area contributed by atoms with Crippen LogP contribution < -0.4 is 5.32 Å². The van der Waals surface area contributed by atoms with Crippen molar-refractivity contribution in [2.24, 2.45) is 5.92 Å². The van der Waals surface area contributed by atoms with Crippen molar-refractivity contribution in [3.63, 3.8) is 0 Å². The third-order valence-electron chi connectivity index (χ3n) is 6.42. The number of anilines is 1. The van der Waals surface area contributed by atoms with Gasteiger partial charge in [0.05, 0.1) is 11.6 Å². The molecule has 0 spiro atoms. The molecule has 2 aliphatic rings. The number of nitrogens with one attached hydrogen (secondary N) is 1. The predicted octanol–water partition coefficient (Wildman–Crippen LogP) is 4.75. The lowest BCUT2D eigenvalue weighted by molar-refractivity contribution is -0.135. The van der Waals surface area contributed by atoms with Crippen LogP contribution in [0.3, 0.4) is 0 Å². The summed E-state index contributed by atoms with van der Waals surface area (Å²) in [6.07, 6.45) is 2.20. The molecule has 170 valence electrons. The first-order valence-corrected chi connectivity index (χ1v) is 11.3. The second-order valence-corrected chi connectivity index (χ2v) is 9.03. The number of likely N-dealkylation sites (tertiary alicyclic amines) is 2. The molecule has 2 fully saturated rings.